The van der Waals surface area contributed by atoms with Gasteiger partial charge in [-0.05, 0) is 42.3 Å². The summed E-state index contributed by atoms with van der Waals surface area (Å²) in [6.45, 7) is 0.400. The minimum atomic E-state index is -4.42. The molecule has 0 aliphatic rings. The van der Waals surface area contributed by atoms with Gasteiger partial charge in [0.1, 0.15) is 0 Å². The van der Waals surface area contributed by atoms with E-state index in [4.69, 9.17) is 5.73 Å². The van der Waals surface area contributed by atoms with Crippen molar-refractivity contribution in [3.63, 3.8) is 0 Å². The summed E-state index contributed by atoms with van der Waals surface area (Å²) >= 11 is 0. The van der Waals surface area contributed by atoms with Crippen LogP contribution in [0.3, 0.4) is 0 Å². The normalized spacial score (nSPS) is 11.3. The third kappa shape index (κ3) is 3.63. The maximum Gasteiger partial charge on any atom is 0.418 e. The first-order chi connectivity index (χ1) is 9.47. The van der Waals surface area contributed by atoms with Crippen molar-refractivity contribution in [1.82, 2.24) is 4.98 Å². The van der Waals surface area contributed by atoms with E-state index < -0.39 is 11.7 Å². The number of alkyl halides is 3. The van der Waals surface area contributed by atoms with Gasteiger partial charge in [-0.15, -0.1) is 0 Å². The Bertz CT molecular complexity index is 568. The van der Waals surface area contributed by atoms with E-state index in [1.807, 2.05) is 12.1 Å². The lowest BCUT2D eigenvalue weighted by Gasteiger charge is -2.15. The Morgan fingerprint density at radius 2 is 1.80 bits per heavy atom. The smallest absolute Gasteiger partial charge is 0.399 e. The van der Waals surface area contributed by atoms with Crippen LogP contribution in [0, 0.1) is 0 Å². The van der Waals surface area contributed by atoms with Crippen LogP contribution in [0.25, 0.3) is 0 Å². The molecule has 0 bridgehead atoms. The molecule has 20 heavy (non-hydrogen) atoms. The molecule has 1 aromatic heterocycles. The molecule has 2 rings (SSSR count). The molecule has 0 saturated heterocycles. The fourth-order valence-electron chi connectivity index (χ4n) is 1.84. The molecule has 0 fully saturated rings. The highest BCUT2D eigenvalue weighted by Crippen LogP contribution is 2.35. The highest BCUT2D eigenvalue weighted by atomic mass is 19.4. The fourth-order valence-corrected chi connectivity index (χ4v) is 1.84. The number of anilines is 2. The van der Waals surface area contributed by atoms with E-state index in [9.17, 15) is 13.2 Å². The first-order valence-corrected chi connectivity index (χ1v) is 6.06. The summed E-state index contributed by atoms with van der Waals surface area (Å²) in [5.74, 6) is 0. The average molecular weight is 281 g/mol. The zero-order chi connectivity index (χ0) is 14.6. The number of halogens is 3. The molecule has 3 N–H and O–H groups in total. The summed E-state index contributed by atoms with van der Waals surface area (Å²) in [5, 5.41) is 2.80. The lowest BCUT2D eigenvalue weighted by molar-refractivity contribution is -0.136. The van der Waals surface area contributed by atoms with Crippen molar-refractivity contribution in [3.8, 4) is 0 Å². The lowest BCUT2D eigenvalue weighted by atomic mass is 10.1. The van der Waals surface area contributed by atoms with Gasteiger partial charge in [0.25, 0.3) is 0 Å². The molecule has 6 heteroatoms. The van der Waals surface area contributed by atoms with Gasteiger partial charge in [-0.3, -0.25) is 4.98 Å². The van der Waals surface area contributed by atoms with Gasteiger partial charge in [-0.25, -0.2) is 0 Å². The summed E-state index contributed by atoms with van der Waals surface area (Å²) in [6.07, 6.45) is -0.502. The van der Waals surface area contributed by atoms with Crippen molar-refractivity contribution in [1.29, 1.82) is 0 Å². The van der Waals surface area contributed by atoms with Crippen molar-refractivity contribution < 1.29 is 13.2 Å². The highest BCUT2D eigenvalue weighted by molar-refractivity contribution is 5.59. The van der Waals surface area contributed by atoms with Crippen molar-refractivity contribution >= 4 is 11.4 Å². The predicted molar refractivity (Wildman–Crippen MR) is 72.3 cm³/mol. The molecule has 0 radical (unpaired) electrons. The van der Waals surface area contributed by atoms with Gasteiger partial charge in [-0.2, -0.15) is 13.2 Å². The van der Waals surface area contributed by atoms with Crippen LogP contribution in [0.2, 0.25) is 0 Å². The van der Waals surface area contributed by atoms with Gasteiger partial charge < -0.3 is 11.1 Å². The molecule has 1 heterocycles. The lowest BCUT2D eigenvalue weighted by Crippen LogP contribution is -2.13. The Balaban J connectivity index is 2.06. The molecule has 0 aliphatic heterocycles. The van der Waals surface area contributed by atoms with Crippen molar-refractivity contribution in [3.05, 3.63) is 53.9 Å². The zero-order valence-corrected chi connectivity index (χ0v) is 10.6. The van der Waals surface area contributed by atoms with Crippen LogP contribution in [0.5, 0.6) is 0 Å². The van der Waals surface area contributed by atoms with E-state index in [0.29, 0.717) is 13.0 Å². The van der Waals surface area contributed by atoms with Gasteiger partial charge in [0.05, 0.1) is 5.56 Å². The number of nitrogens with zero attached hydrogens (tertiary/aromatic N) is 1. The maximum absolute atomic E-state index is 12.9. The van der Waals surface area contributed by atoms with E-state index in [1.165, 1.54) is 12.1 Å². The number of nitrogens with one attached hydrogen (secondary N) is 1. The number of benzene rings is 1. The predicted octanol–water partition coefficient (Wildman–Crippen LogP) is 3.34. The summed E-state index contributed by atoms with van der Waals surface area (Å²) in [6, 6.07) is 7.40. The minimum absolute atomic E-state index is 0.0424. The first-order valence-electron chi connectivity index (χ1n) is 6.06. The van der Waals surface area contributed by atoms with Gasteiger partial charge in [-0.1, -0.05) is 0 Å². The molecule has 0 spiro atoms. The number of nitrogens with two attached hydrogens (primary N) is 1. The van der Waals surface area contributed by atoms with Crippen LogP contribution in [-0.4, -0.2) is 11.5 Å². The van der Waals surface area contributed by atoms with Crippen molar-refractivity contribution in [2.24, 2.45) is 0 Å². The summed E-state index contributed by atoms with van der Waals surface area (Å²) in [5.41, 5.74) is 5.81. The summed E-state index contributed by atoms with van der Waals surface area (Å²) in [7, 11) is 0. The second-order valence-corrected chi connectivity index (χ2v) is 4.34. The quantitative estimate of drug-likeness (QED) is 0.845. The van der Waals surface area contributed by atoms with Crippen molar-refractivity contribution in [2.45, 2.75) is 12.6 Å². The van der Waals surface area contributed by atoms with Gasteiger partial charge in [0, 0.05) is 30.3 Å². The largest absolute Gasteiger partial charge is 0.418 e. The molecule has 106 valence electrons. The van der Waals surface area contributed by atoms with Crippen LogP contribution in [-0.2, 0) is 12.6 Å². The molecule has 3 nitrogen and oxygen atoms in total. The second kappa shape index (κ2) is 5.81. The number of pyridine rings is 1. The van der Waals surface area contributed by atoms with Gasteiger partial charge in [0.2, 0.25) is 0 Å². The Morgan fingerprint density at radius 3 is 2.45 bits per heavy atom. The third-order valence-electron chi connectivity index (χ3n) is 2.83. The first kappa shape index (κ1) is 14.2. The molecule has 0 aliphatic carbocycles. The minimum Gasteiger partial charge on any atom is -0.399 e. The van der Waals surface area contributed by atoms with E-state index in [-0.39, 0.29) is 11.4 Å². The summed E-state index contributed by atoms with van der Waals surface area (Å²) < 4.78 is 38.6. The van der Waals surface area contributed by atoms with Crippen LogP contribution in [0.4, 0.5) is 24.5 Å². The molecule has 1 aromatic carbocycles. The number of hydrogen-bond acceptors (Lipinski definition) is 3. The van der Waals surface area contributed by atoms with E-state index in [2.05, 4.69) is 10.3 Å². The monoisotopic (exact) mass is 281 g/mol. The Kier molecular flexibility index (Phi) is 4.12. The van der Waals surface area contributed by atoms with Crippen molar-refractivity contribution in [2.75, 3.05) is 17.6 Å². The third-order valence-corrected chi connectivity index (χ3v) is 2.83. The zero-order valence-electron chi connectivity index (χ0n) is 10.6. The molecule has 0 unspecified atom stereocenters. The molecule has 0 saturated carbocycles. The number of rotatable bonds is 4. The fraction of sp³-hybridized carbons (Fsp3) is 0.214. The Labute approximate surface area is 114 Å². The highest BCUT2D eigenvalue weighted by Gasteiger charge is 2.33. The molecular weight excluding hydrogens is 267 g/mol. The van der Waals surface area contributed by atoms with Gasteiger partial charge in [0.15, 0.2) is 0 Å². The Morgan fingerprint density at radius 1 is 1.10 bits per heavy atom. The number of aromatic nitrogens is 1. The van der Waals surface area contributed by atoms with Crippen LogP contribution < -0.4 is 11.1 Å². The van der Waals surface area contributed by atoms with E-state index in [0.717, 1.165) is 11.6 Å². The van der Waals surface area contributed by atoms with E-state index in [1.54, 1.807) is 12.4 Å². The SMILES string of the molecule is Nc1ccc(NCCc2ccncc2)c(C(F)(F)F)c1. The molecule has 0 atom stereocenters. The van der Waals surface area contributed by atoms with Crippen LogP contribution in [0.15, 0.2) is 42.7 Å². The molecule has 2 aromatic rings. The molecule has 0 amide bonds. The van der Waals surface area contributed by atoms with Crippen LogP contribution in [0.1, 0.15) is 11.1 Å². The number of nitrogen functional groups attached to an aromatic ring is 1. The second-order valence-electron chi connectivity index (χ2n) is 4.34. The maximum atomic E-state index is 12.9. The standard InChI is InChI=1S/C14H14F3N3/c15-14(16,17)12-9-11(18)1-2-13(12)20-8-5-10-3-6-19-7-4-10/h1-4,6-7,9,20H,5,8,18H2. The summed E-state index contributed by atoms with van der Waals surface area (Å²) in [4.78, 5) is 3.88. The number of hydrogen-bond donors (Lipinski definition) is 2. The molecular formula is C14H14F3N3. The topological polar surface area (TPSA) is 50.9 Å². The van der Waals surface area contributed by atoms with Crippen LogP contribution >= 0.6 is 0 Å². The van der Waals surface area contributed by atoms with E-state index >= 15 is 0 Å². The Hall–Kier alpha value is -2.24. The average Bonchev–Trinajstić information content (AvgIpc) is 2.40. The van der Waals surface area contributed by atoms with Gasteiger partial charge >= 0.3 is 6.18 Å².